The predicted octanol–water partition coefficient (Wildman–Crippen LogP) is 1.73. The van der Waals surface area contributed by atoms with Crippen LogP contribution in [0.2, 0.25) is 0 Å². The van der Waals surface area contributed by atoms with Gasteiger partial charge in [0.2, 0.25) is 0 Å². The molecule has 0 aliphatic rings. The fourth-order valence-electron chi connectivity index (χ4n) is 1.76. The molecule has 1 unspecified atom stereocenters. The van der Waals surface area contributed by atoms with Gasteiger partial charge in [-0.3, -0.25) is 0 Å². The quantitative estimate of drug-likeness (QED) is 0.602. The van der Waals surface area contributed by atoms with Gasteiger partial charge in [0, 0.05) is 19.7 Å². The Bertz CT molecular complexity index is 127. The van der Waals surface area contributed by atoms with Gasteiger partial charge in [0.1, 0.15) is 0 Å². The molecule has 0 spiro atoms. The van der Waals surface area contributed by atoms with E-state index in [0.717, 1.165) is 19.7 Å². The van der Waals surface area contributed by atoms with Gasteiger partial charge in [-0.05, 0) is 39.4 Å². The topological polar surface area (TPSA) is 24.5 Å². The molecular formula is C12H28N2O. The molecule has 15 heavy (non-hydrogen) atoms. The highest BCUT2D eigenvalue weighted by atomic mass is 16.5. The van der Waals surface area contributed by atoms with Gasteiger partial charge in [-0.1, -0.05) is 13.8 Å². The summed E-state index contributed by atoms with van der Waals surface area (Å²) >= 11 is 0. The first-order chi connectivity index (χ1) is 7.28. The van der Waals surface area contributed by atoms with E-state index in [1.165, 1.54) is 25.8 Å². The van der Waals surface area contributed by atoms with Crippen molar-refractivity contribution in [1.82, 2.24) is 10.2 Å². The minimum Gasteiger partial charge on any atom is -0.383 e. The number of hydrogen-bond donors (Lipinski definition) is 1. The van der Waals surface area contributed by atoms with Crippen LogP contribution in [-0.2, 0) is 4.74 Å². The molecule has 0 aromatic rings. The molecule has 1 N–H and O–H groups in total. The van der Waals surface area contributed by atoms with Crippen LogP contribution in [0.4, 0.5) is 0 Å². The van der Waals surface area contributed by atoms with Gasteiger partial charge < -0.3 is 15.0 Å². The Morgan fingerprint density at radius 1 is 1.27 bits per heavy atom. The van der Waals surface area contributed by atoms with Crippen molar-refractivity contribution >= 4 is 0 Å². The maximum Gasteiger partial charge on any atom is 0.0589 e. The average molecular weight is 216 g/mol. The average Bonchev–Trinajstić information content (AvgIpc) is 2.28. The molecule has 0 saturated heterocycles. The molecule has 0 aliphatic heterocycles. The molecule has 3 heteroatoms. The highest BCUT2D eigenvalue weighted by Gasteiger charge is 2.05. The molecule has 0 saturated carbocycles. The Morgan fingerprint density at radius 2 is 2.00 bits per heavy atom. The van der Waals surface area contributed by atoms with Crippen LogP contribution < -0.4 is 5.32 Å². The van der Waals surface area contributed by atoms with E-state index in [1.807, 2.05) is 0 Å². The van der Waals surface area contributed by atoms with Crippen LogP contribution in [-0.4, -0.2) is 51.3 Å². The summed E-state index contributed by atoms with van der Waals surface area (Å²) in [6, 6.07) is 0.686. The van der Waals surface area contributed by atoms with Crippen LogP contribution in [0.15, 0.2) is 0 Å². The monoisotopic (exact) mass is 216 g/mol. The number of nitrogens with one attached hydrogen (secondary N) is 1. The molecule has 0 amide bonds. The van der Waals surface area contributed by atoms with Crippen LogP contribution in [0.3, 0.4) is 0 Å². The first-order valence-electron chi connectivity index (χ1n) is 6.16. The lowest BCUT2D eigenvalue weighted by Crippen LogP contribution is -2.30. The SMILES string of the molecule is CCC(CCCN(CC)CCOC)NC. The second-order valence-electron chi connectivity index (χ2n) is 3.96. The van der Waals surface area contributed by atoms with Crippen molar-refractivity contribution in [2.45, 2.75) is 39.2 Å². The van der Waals surface area contributed by atoms with Crippen LogP contribution in [0.1, 0.15) is 33.1 Å². The molecule has 1 atom stereocenters. The van der Waals surface area contributed by atoms with E-state index in [1.54, 1.807) is 7.11 Å². The summed E-state index contributed by atoms with van der Waals surface area (Å²) in [7, 11) is 3.82. The normalized spacial score (nSPS) is 13.4. The summed E-state index contributed by atoms with van der Waals surface area (Å²) in [4.78, 5) is 2.45. The van der Waals surface area contributed by atoms with Gasteiger partial charge in [0.05, 0.1) is 6.61 Å². The summed E-state index contributed by atoms with van der Waals surface area (Å²) < 4.78 is 5.09. The van der Waals surface area contributed by atoms with Crippen molar-refractivity contribution in [2.75, 3.05) is 40.4 Å². The van der Waals surface area contributed by atoms with Gasteiger partial charge >= 0.3 is 0 Å². The van der Waals surface area contributed by atoms with Gasteiger partial charge in [-0.2, -0.15) is 0 Å². The third kappa shape index (κ3) is 7.77. The Hall–Kier alpha value is -0.120. The van der Waals surface area contributed by atoms with Crippen molar-refractivity contribution in [3.05, 3.63) is 0 Å². The van der Waals surface area contributed by atoms with Crippen LogP contribution >= 0.6 is 0 Å². The highest BCUT2D eigenvalue weighted by Crippen LogP contribution is 2.02. The lowest BCUT2D eigenvalue weighted by Gasteiger charge is -2.21. The summed E-state index contributed by atoms with van der Waals surface area (Å²) in [6.45, 7) is 8.67. The zero-order valence-electron chi connectivity index (χ0n) is 10.9. The number of ether oxygens (including phenoxy) is 1. The van der Waals surface area contributed by atoms with Crippen molar-refractivity contribution in [3.8, 4) is 0 Å². The van der Waals surface area contributed by atoms with Crippen molar-refractivity contribution in [1.29, 1.82) is 0 Å². The first-order valence-corrected chi connectivity index (χ1v) is 6.16. The van der Waals surface area contributed by atoms with E-state index in [4.69, 9.17) is 4.74 Å². The minimum atomic E-state index is 0.686. The molecule has 0 aliphatic carbocycles. The molecule has 0 aromatic heterocycles. The largest absolute Gasteiger partial charge is 0.383 e. The van der Waals surface area contributed by atoms with Crippen LogP contribution in [0.25, 0.3) is 0 Å². The van der Waals surface area contributed by atoms with Gasteiger partial charge in [-0.25, -0.2) is 0 Å². The van der Waals surface area contributed by atoms with Gasteiger partial charge in [-0.15, -0.1) is 0 Å². The maximum absolute atomic E-state index is 5.09. The van der Waals surface area contributed by atoms with E-state index in [9.17, 15) is 0 Å². The maximum atomic E-state index is 5.09. The van der Waals surface area contributed by atoms with Crippen LogP contribution in [0.5, 0.6) is 0 Å². The molecule has 3 nitrogen and oxygen atoms in total. The Labute approximate surface area is 95.2 Å². The van der Waals surface area contributed by atoms with E-state index < -0.39 is 0 Å². The number of rotatable bonds is 10. The first kappa shape index (κ1) is 14.9. The molecule has 0 rings (SSSR count). The van der Waals surface area contributed by atoms with E-state index in [2.05, 4.69) is 31.1 Å². The second kappa shape index (κ2) is 10.4. The standard InChI is InChI=1S/C12H28N2O/c1-5-12(13-3)8-7-9-14(6-2)10-11-15-4/h12-13H,5-11H2,1-4H3. The summed E-state index contributed by atoms with van der Waals surface area (Å²) in [5.41, 5.74) is 0. The second-order valence-corrected chi connectivity index (χ2v) is 3.96. The highest BCUT2D eigenvalue weighted by molar-refractivity contribution is 4.64. The predicted molar refractivity (Wildman–Crippen MR) is 66.4 cm³/mol. The van der Waals surface area contributed by atoms with Crippen LogP contribution in [0, 0.1) is 0 Å². The number of methoxy groups -OCH3 is 1. The molecule has 0 radical (unpaired) electrons. The van der Waals surface area contributed by atoms with Crippen molar-refractivity contribution in [3.63, 3.8) is 0 Å². The summed E-state index contributed by atoms with van der Waals surface area (Å²) in [5.74, 6) is 0. The lowest BCUT2D eigenvalue weighted by molar-refractivity contribution is 0.149. The smallest absolute Gasteiger partial charge is 0.0589 e. The Kier molecular flexibility index (Phi) is 10.3. The fourth-order valence-corrected chi connectivity index (χ4v) is 1.76. The summed E-state index contributed by atoms with van der Waals surface area (Å²) in [5, 5.41) is 3.34. The molecular weight excluding hydrogens is 188 g/mol. The zero-order valence-corrected chi connectivity index (χ0v) is 10.9. The van der Waals surface area contributed by atoms with Gasteiger partial charge in [0.25, 0.3) is 0 Å². The number of hydrogen-bond acceptors (Lipinski definition) is 3. The van der Waals surface area contributed by atoms with Crippen molar-refractivity contribution < 1.29 is 4.74 Å². The third-order valence-electron chi connectivity index (χ3n) is 2.99. The summed E-state index contributed by atoms with van der Waals surface area (Å²) in [6.07, 6.45) is 3.77. The fraction of sp³-hybridized carbons (Fsp3) is 1.00. The Balaban J connectivity index is 3.52. The van der Waals surface area contributed by atoms with E-state index in [0.29, 0.717) is 6.04 Å². The molecule has 0 bridgehead atoms. The number of nitrogens with zero attached hydrogens (tertiary/aromatic N) is 1. The van der Waals surface area contributed by atoms with Crippen molar-refractivity contribution in [2.24, 2.45) is 0 Å². The molecule has 0 heterocycles. The molecule has 0 aromatic carbocycles. The molecule has 92 valence electrons. The number of likely N-dealkylation sites (N-methyl/N-ethyl adjacent to an activating group) is 1. The zero-order chi connectivity index (χ0) is 11.5. The molecule has 0 fully saturated rings. The minimum absolute atomic E-state index is 0.686. The van der Waals surface area contributed by atoms with E-state index >= 15 is 0 Å². The van der Waals surface area contributed by atoms with E-state index in [-0.39, 0.29) is 0 Å². The Morgan fingerprint density at radius 3 is 2.47 bits per heavy atom. The lowest BCUT2D eigenvalue weighted by atomic mass is 10.1. The third-order valence-corrected chi connectivity index (χ3v) is 2.99. The van der Waals surface area contributed by atoms with Gasteiger partial charge in [0.15, 0.2) is 0 Å².